The number of phenols is 1. The summed E-state index contributed by atoms with van der Waals surface area (Å²) in [6.07, 6.45) is 0. The fraction of sp³-hybridized carbons (Fsp3) is 0.0714. The number of halogens is 1. The number of aryl methyl sites for hydroxylation is 1. The van der Waals surface area contributed by atoms with Crippen molar-refractivity contribution in [3.63, 3.8) is 0 Å². The van der Waals surface area contributed by atoms with Crippen molar-refractivity contribution in [1.82, 2.24) is 0 Å². The van der Waals surface area contributed by atoms with Crippen LogP contribution < -0.4 is 5.32 Å². The Hall–Kier alpha value is -2.60. The fourth-order valence-electron chi connectivity index (χ4n) is 1.80. The first-order valence-electron chi connectivity index (χ1n) is 5.94. The number of hydrogen-bond donors (Lipinski definition) is 2. The summed E-state index contributed by atoms with van der Waals surface area (Å²) in [5.74, 6) is -0.679. The number of carbonyl (C=O) groups excluding carboxylic acids is 1. The van der Waals surface area contributed by atoms with E-state index < -0.39 is 10.8 Å². The van der Waals surface area contributed by atoms with E-state index in [9.17, 15) is 20.0 Å². The molecule has 7 heteroatoms. The summed E-state index contributed by atoms with van der Waals surface area (Å²) in [7, 11) is 0. The summed E-state index contributed by atoms with van der Waals surface area (Å²) in [5.41, 5.74) is 0.717. The maximum absolute atomic E-state index is 12.1. The fourth-order valence-corrected chi connectivity index (χ4v) is 2.03. The molecule has 21 heavy (non-hydrogen) atoms. The number of benzene rings is 2. The highest BCUT2D eigenvalue weighted by atomic mass is 35.5. The molecule has 0 bridgehead atoms. The van der Waals surface area contributed by atoms with Gasteiger partial charge in [0.15, 0.2) is 0 Å². The number of hydrogen-bond acceptors (Lipinski definition) is 4. The Labute approximate surface area is 125 Å². The summed E-state index contributed by atoms with van der Waals surface area (Å²) in [6, 6.07) is 8.66. The molecule has 0 atom stereocenters. The molecule has 0 radical (unpaired) electrons. The maximum atomic E-state index is 12.1. The molecule has 0 heterocycles. The Morgan fingerprint density at radius 2 is 2.00 bits per heavy atom. The van der Waals surface area contributed by atoms with Crippen LogP contribution in [0.1, 0.15) is 15.9 Å². The van der Waals surface area contributed by atoms with E-state index in [0.29, 0.717) is 11.3 Å². The van der Waals surface area contributed by atoms with Crippen LogP contribution in [0.2, 0.25) is 5.02 Å². The minimum Gasteiger partial charge on any atom is -0.507 e. The van der Waals surface area contributed by atoms with Crippen molar-refractivity contribution >= 4 is 28.9 Å². The van der Waals surface area contributed by atoms with Gasteiger partial charge in [-0.1, -0.05) is 23.7 Å². The average Bonchev–Trinajstić information content (AvgIpc) is 2.42. The molecule has 2 rings (SSSR count). The summed E-state index contributed by atoms with van der Waals surface area (Å²) in [5, 5.41) is 22.9. The number of carbonyl (C=O) groups is 1. The van der Waals surface area contributed by atoms with Gasteiger partial charge in [-0.25, -0.2) is 0 Å². The van der Waals surface area contributed by atoms with Gasteiger partial charge in [-0.15, -0.1) is 0 Å². The minimum absolute atomic E-state index is 0.0711. The number of para-hydroxylation sites is 1. The zero-order chi connectivity index (χ0) is 15.6. The summed E-state index contributed by atoms with van der Waals surface area (Å²) in [6.45, 7) is 1.61. The quantitative estimate of drug-likeness (QED) is 0.670. The topological polar surface area (TPSA) is 92.5 Å². The Morgan fingerprint density at radius 3 is 2.62 bits per heavy atom. The lowest BCUT2D eigenvalue weighted by Crippen LogP contribution is -2.13. The Kier molecular flexibility index (Phi) is 4.09. The van der Waals surface area contributed by atoms with Crippen LogP contribution >= 0.6 is 11.6 Å². The first kappa shape index (κ1) is 14.8. The number of aromatic hydroxyl groups is 1. The van der Waals surface area contributed by atoms with Gasteiger partial charge in [-0.3, -0.25) is 14.9 Å². The van der Waals surface area contributed by atoms with Crippen LogP contribution in [0.25, 0.3) is 0 Å². The Morgan fingerprint density at radius 1 is 1.33 bits per heavy atom. The molecular weight excluding hydrogens is 296 g/mol. The summed E-state index contributed by atoms with van der Waals surface area (Å²) < 4.78 is 0. The molecule has 0 aliphatic carbocycles. The van der Waals surface area contributed by atoms with E-state index in [2.05, 4.69) is 5.32 Å². The molecule has 2 aromatic carbocycles. The zero-order valence-electron chi connectivity index (χ0n) is 11.0. The molecule has 0 unspecified atom stereocenters. The number of rotatable bonds is 3. The molecule has 0 aliphatic rings. The first-order valence-corrected chi connectivity index (χ1v) is 6.32. The Balaban J connectivity index is 2.32. The number of nitro benzene ring substituents is 1. The van der Waals surface area contributed by atoms with Crippen molar-refractivity contribution in [2.45, 2.75) is 6.92 Å². The number of phenolic OH excluding ortho intramolecular Hbond substituents is 1. The molecule has 108 valence electrons. The van der Waals surface area contributed by atoms with Gasteiger partial charge in [0.2, 0.25) is 0 Å². The summed E-state index contributed by atoms with van der Waals surface area (Å²) in [4.78, 5) is 22.3. The standard InChI is InChI=1S/C14H11ClN2O4/c1-8-6-12(17(20)21)10(15)7-11(8)16-14(19)9-4-2-3-5-13(9)18/h2-7,18H,1H3,(H,16,19). The van der Waals surface area contributed by atoms with Crippen molar-refractivity contribution in [3.05, 3.63) is 62.7 Å². The molecular formula is C14H11ClN2O4. The van der Waals surface area contributed by atoms with Gasteiger partial charge in [0, 0.05) is 11.8 Å². The van der Waals surface area contributed by atoms with Crippen LogP contribution in [0.5, 0.6) is 5.75 Å². The van der Waals surface area contributed by atoms with Gasteiger partial charge in [-0.05, 0) is 30.7 Å². The molecule has 6 nitrogen and oxygen atoms in total. The zero-order valence-corrected chi connectivity index (χ0v) is 11.7. The molecule has 1 amide bonds. The third kappa shape index (κ3) is 3.11. The maximum Gasteiger partial charge on any atom is 0.288 e. The van der Waals surface area contributed by atoms with E-state index >= 15 is 0 Å². The minimum atomic E-state index is -0.593. The van der Waals surface area contributed by atoms with Crippen LogP contribution in [0.15, 0.2) is 36.4 Å². The van der Waals surface area contributed by atoms with Crippen LogP contribution in [0.4, 0.5) is 11.4 Å². The predicted octanol–water partition coefficient (Wildman–Crippen LogP) is 3.51. The molecule has 0 spiro atoms. The van der Waals surface area contributed by atoms with Crippen LogP contribution in [0.3, 0.4) is 0 Å². The monoisotopic (exact) mass is 306 g/mol. The van der Waals surface area contributed by atoms with Crippen molar-refractivity contribution in [1.29, 1.82) is 0 Å². The third-order valence-corrected chi connectivity index (χ3v) is 3.19. The SMILES string of the molecule is Cc1cc([N+](=O)[O-])c(Cl)cc1NC(=O)c1ccccc1O. The highest BCUT2D eigenvalue weighted by Gasteiger charge is 2.17. The predicted molar refractivity (Wildman–Crippen MR) is 78.9 cm³/mol. The van der Waals surface area contributed by atoms with Gasteiger partial charge in [-0.2, -0.15) is 0 Å². The average molecular weight is 307 g/mol. The second-order valence-corrected chi connectivity index (χ2v) is 4.75. The second kappa shape index (κ2) is 5.80. The van der Waals surface area contributed by atoms with Crippen molar-refractivity contribution in [3.8, 4) is 5.75 Å². The Bertz CT molecular complexity index is 731. The van der Waals surface area contributed by atoms with E-state index in [4.69, 9.17) is 11.6 Å². The van der Waals surface area contributed by atoms with Gasteiger partial charge < -0.3 is 10.4 Å². The normalized spacial score (nSPS) is 10.2. The number of anilines is 1. The van der Waals surface area contributed by atoms with Crippen molar-refractivity contribution in [2.75, 3.05) is 5.32 Å². The van der Waals surface area contributed by atoms with Gasteiger partial charge in [0.1, 0.15) is 10.8 Å². The largest absolute Gasteiger partial charge is 0.507 e. The number of nitro groups is 1. The van der Waals surface area contributed by atoms with E-state index in [1.165, 1.54) is 24.3 Å². The van der Waals surface area contributed by atoms with Crippen LogP contribution in [-0.2, 0) is 0 Å². The molecule has 0 fully saturated rings. The van der Waals surface area contributed by atoms with Crippen LogP contribution in [-0.4, -0.2) is 15.9 Å². The van der Waals surface area contributed by atoms with Gasteiger partial charge in [0.05, 0.1) is 10.5 Å². The molecule has 0 saturated heterocycles. The third-order valence-electron chi connectivity index (χ3n) is 2.89. The van der Waals surface area contributed by atoms with Crippen molar-refractivity contribution in [2.24, 2.45) is 0 Å². The van der Waals surface area contributed by atoms with E-state index in [0.717, 1.165) is 0 Å². The molecule has 2 N–H and O–H groups in total. The molecule has 0 saturated carbocycles. The molecule has 0 aliphatic heterocycles. The van der Waals surface area contributed by atoms with E-state index in [1.54, 1.807) is 19.1 Å². The number of nitrogens with one attached hydrogen (secondary N) is 1. The highest BCUT2D eigenvalue weighted by Crippen LogP contribution is 2.31. The first-order chi connectivity index (χ1) is 9.90. The number of amides is 1. The van der Waals surface area contributed by atoms with Gasteiger partial charge >= 0.3 is 0 Å². The van der Waals surface area contributed by atoms with E-state index in [-0.39, 0.29) is 22.0 Å². The second-order valence-electron chi connectivity index (χ2n) is 4.35. The number of nitrogens with zero attached hydrogens (tertiary/aromatic N) is 1. The van der Waals surface area contributed by atoms with Crippen molar-refractivity contribution < 1.29 is 14.8 Å². The lowest BCUT2D eigenvalue weighted by Gasteiger charge is -2.10. The molecule has 2 aromatic rings. The molecule has 0 aromatic heterocycles. The lowest BCUT2D eigenvalue weighted by atomic mass is 10.1. The van der Waals surface area contributed by atoms with Gasteiger partial charge in [0.25, 0.3) is 11.6 Å². The smallest absolute Gasteiger partial charge is 0.288 e. The van der Waals surface area contributed by atoms with E-state index in [1.807, 2.05) is 0 Å². The summed E-state index contributed by atoms with van der Waals surface area (Å²) >= 11 is 5.81. The lowest BCUT2D eigenvalue weighted by molar-refractivity contribution is -0.384. The van der Waals surface area contributed by atoms with Crippen LogP contribution in [0, 0.1) is 17.0 Å². The highest BCUT2D eigenvalue weighted by molar-refractivity contribution is 6.33.